The quantitative estimate of drug-likeness (QED) is 0.354. The molecular formula is C12H15NO5. The highest BCUT2D eigenvalue weighted by Crippen LogP contribution is 2.44. The zero-order chi connectivity index (χ0) is 13.7. The smallest absolute Gasteiger partial charge is 0.314 e. The van der Waals surface area contributed by atoms with Crippen LogP contribution in [0.25, 0.3) is 0 Å². The van der Waals surface area contributed by atoms with E-state index in [1.807, 2.05) is 0 Å². The molecule has 2 heterocycles. The maximum Gasteiger partial charge on any atom is 0.314 e. The molecule has 18 heavy (non-hydrogen) atoms. The van der Waals surface area contributed by atoms with Gasteiger partial charge in [-0.3, -0.25) is 24.1 Å². The van der Waals surface area contributed by atoms with Crippen molar-refractivity contribution in [3.05, 3.63) is 0 Å². The van der Waals surface area contributed by atoms with Crippen LogP contribution < -0.4 is 0 Å². The molecule has 2 rings (SSSR count). The van der Waals surface area contributed by atoms with Crippen molar-refractivity contribution in [2.24, 2.45) is 5.41 Å². The molecule has 0 aromatic heterocycles. The minimum atomic E-state index is -1.21. The minimum Gasteiger partial charge on any atom is -0.393 e. The minimum absolute atomic E-state index is 0.0933. The van der Waals surface area contributed by atoms with Crippen LogP contribution >= 0.6 is 0 Å². The first-order valence-electron chi connectivity index (χ1n) is 5.77. The number of likely N-dealkylation sites (tertiary alicyclic amines) is 1. The predicted octanol–water partition coefficient (Wildman–Crippen LogP) is 0.394. The molecule has 2 aliphatic heterocycles. The van der Waals surface area contributed by atoms with Crippen LogP contribution in [0.3, 0.4) is 0 Å². The lowest BCUT2D eigenvalue weighted by molar-refractivity contribution is -0.173. The number of carbonyl (C=O) groups excluding carboxylic acids is 4. The van der Waals surface area contributed by atoms with Gasteiger partial charge in [0.1, 0.15) is 0 Å². The van der Waals surface area contributed by atoms with Gasteiger partial charge in [0, 0.05) is 12.0 Å². The van der Waals surface area contributed by atoms with Crippen molar-refractivity contribution in [1.29, 1.82) is 0 Å². The van der Waals surface area contributed by atoms with E-state index in [0.29, 0.717) is 0 Å². The molecule has 0 aromatic rings. The molecule has 0 aliphatic carbocycles. The number of esters is 2. The van der Waals surface area contributed by atoms with Crippen LogP contribution in [0.1, 0.15) is 40.0 Å². The molecule has 98 valence electrons. The molecule has 6 nitrogen and oxygen atoms in total. The van der Waals surface area contributed by atoms with Crippen molar-refractivity contribution >= 4 is 23.8 Å². The largest absolute Gasteiger partial charge is 0.393 e. The summed E-state index contributed by atoms with van der Waals surface area (Å²) in [5, 5.41) is 0. The molecule has 0 unspecified atom stereocenters. The third kappa shape index (κ3) is 1.81. The molecule has 2 aliphatic rings. The van der Waals surface area contributed by atoms with Gasteiger partial charge in [0.15, 0.2) is 0 Å². The Labute approximate surface area is 104 Å². The van der Waals surface area contributed by atoms with E-state index < -0.39 is 28.8 Å². The fraction of sp³-hybridized carbons (Fsp3) is 0.667. The number of cyclic esters (lactones) is 2. The second kappa shape index (κ2) is 3.63. The number of rotatable bonds is 0. The average molecular weight is 253 g/mol. The van der Waals surface area contributed by atoms with Crippen molar-refractivity contribution in [3.63, 3.8) is 0 Å². The Balaban J connectivity index is 2.37. The van der Waals surface area contributed by atoms with Crippen molar-refractivity contribution < 1.29 is 23.9 Å². The second-order valence-corrected chi connectivity index (χ2v) is 5.86. The van der Waals surface area contributed by atoms with Gasteiger partial charge in [0.05, 0.1) is 18.3 Å². The molecule has 0 atom stereocenters. The molecule has 2 amide bonds. The lowest BCUT2D eigenvalue weighted by Gasteiger charge is -2.33. The summed E-state index contributed by atoms with van der Waals surface area (Å²) in [6.07, 6.45) is -0.490. The zero-order valence-electron chi connectivity index (χ0n) is 10.6. The highest BCUT2D eigenvalue weighted by atomic mass is 16.6. The van der Waals surface area contributed by atoms with Crippen LogP contribution in [0.5, 0.6) is 0 Å². The maximum atomic E-state index is 12.4. The van der Waals surface area contributed by atoms with Crippen molar-refractivity contribution in [2.75, 3.05) is 0 Å². The highest BCUT2D eigenvalue weighted by molar-refractivity contribution is 6.10. The Morgan fingerprint density at radius 3 is 1.89 bits per heavy atom. The third-order valence-corrected chi connectivity index (χ3v) is 3.26. The fourth-order valence-corrected chi connectivity index (χ4v) is 2.56. The molecular weight excluding hydrogens is 238 g/mol. The number of hydrogen-bond donors (Lipinski definition) is 0. The lowest BCUT2D eigenvalue weighted by atomic mass is 9.78. The molecule has 0 aromatic carbocycles. The first kappa shape index (κ1) is 12.7. The molecule has 2 saturated heterocycles. The summed E-state index contributed by atoms with van der Waals surface area (Å²) < 4.78 is 4.42. The van der Waals surface area contributed by atoms with Crippen LogP contribution in [-0.2, 0) is 23.9 Å². The molecule has 0 radical (unpaired) electrons. The molecule has 0 N–H and O–H groups in total. The van der Waals surface area contributed by atoms with Crippen LogP contribution in [0.2, 0.25) is 0 Å². The van der Waals surface area contributed by atoms with E-state index in [-0.39, 0.29) is 25.2 Å². The van der Waals surface area contributed by atoms with Gasteiger partial charge >= 0.3 is 11.9 Å². The fourth-order valence-electron chi connectivity index (χ4n) is 2.56. The standard InChI is InChI=1S/C12H15NO5/c1-11(2,3)13-7(14)4-12(10(13)17)5-8(15)18-9(16)6-12/h4-6H2,1-3H3. The lowest BCUT2D eigenvalue weighted by Crippen LogP contribution is -2.49. The number of nitrogens with zero attached hydrogens (tertiary/aromatic N) is 1. The summed E-state index contributed by atoms with van der Waals surface area (Å²) in [6.45, 7) is 5.22. The Bertz CT molecular complexity index is 444. The first-order valence-corrected chi connectivity index (χ1v) is 5.77. The van der Waals surface area contributed by atoms with E-state index in [1.54, 1.807) is 20.8 Å². The van der Waals surface area contributed by atoms with Crippen molar-refractivity contribution in [2.45, 2.75) is 45.6 Å². The number of hydrogen-bond acceptors (Lipinski definition) is 5. The van der Waals surface area contributed by atoms with Gasteiger partial charge in [-0.1, -0.05) is 0 Å². The van der Waals surface area contributed by atoms with Gasteiger partial charge in [-0.25, -0.2) is 0 Å². The van der Waals surface area contributed by atoms with E-state index in [9.17, 15) is 19.2 Å². The molecule has 0 saturated carbocycles. The SMILES string of the molecule is CC(C)(C)N1C(=O)CC2(CC(=O)OC(=O)C2)C1=O. The van der Waals surface area contributed by atoms with E-state index in [4.69, 9.17) is 0 Å². The van der Waals surface area contributed by atoms with E-state index in [2.05, 4.69) is 4.74 Å². The number of ether oxygens (including phenoxy) is 1. The zero-order valence-corrected chi connectivity index (χ0v) is 10.6. The molecule has 6 heteroatoms. The van der Waals surface area contributed by atoms with Gasteiger partial charge in [-0.05, 0) is 20.8 Å². The third-order valence-electron chi connectivity index (χ3n) is 3.26. The summed E-state index contributed by atoms with van der Waals surface area (Å²) in [4.78, 5) is 48.1. The van der Waals surface area contributed by atoms with Gasteiger partial charge in [0.2, 0.25) is 11.8 Å². The monoisotopic (exact) mass is 253 g/mol. The van der Waals surface area contributed by atoms with Crippen LogP contribution in [0.4, 0.5) is 0 Å². The summed E-state index contributed by atoms with van der Waals surface area (Å²) in [5.74, 6) is -2.24. The molecule has 2 fully saturated rings. The Kier molecular flexibility index (Phi) is 2.57. The normalized spacial score (nSPS) is 23.8. The van der Waals surface area contributed by atoms with Crippen molar-refractivity contribution in [3.8, 4) is 0 Å². The topological polar surface area (TPSA) is 80.8 Å². The number of carbonyl (C=O) groups is 4. The average Bonchev–Trinajstić information content (AvgIpc) is 2.34. The first-order chi connectivity index (χ1) is 8.16. The summed E-state index contributed by atoms with van der Waals surface area (Å²) >= 11 is 0. The molecule has 1 spiro atoms. The van der Waals surface area contributed by atoms with Gasteiger partial charge in [-0.15, -0.1) is 0 Å². The second-order valence-electron chi connectivity index (χ2n) is 5.86. The van der Waals surface area contributed by atoms with Gasteiger partial charge < -0.3 is 4.74 Å². The van der Waals surface area contributed by atoms with Crippen molar-refractivity contribution in [1.82, 2.24) is 4.90 Å². The van der Waals surface area contributed by atoms with Gasteiger partial charge in [0.25, 0.3) is 0 Å². The van der Waals surface area contributed by atoms with Crippen LogP contribution in [0.15, 0.2) is 0 Å². The predicted molar refractivity (Wildman–Crippen MR) is 59.0 cm³/mol. The number of amides is 2. The van der Waals surface area contributed by atoms with Gasteiger partial charge in [-0.2, -0.15) is 0 Å². The number of imide groups is 1. The summed E-state index contributed by atoms with van der Waals surface area (Å²) in [5.41, 5.74) is -1.86. The highest BCUT2D eigenvalue weighted by Gasteiger charge is 2.58. The van der Waals surface area contributed by atoms with E-state index >= 15 is 0 Å². The Morgan fingerprint density at radius 1 is 1.00 bits per heavy atom. The van der Waals surface area contributed by atoms with Crippen LogP contribution in [0, 0.1) is 5.41 Å². The summed E-state index contributed by atoms with van der Waals surface area (Å²) in [6, 6.07) is 0. The van der Waals surface area contributed by atoms with E-state index in [1.165, 1.54) is 0 Å². The Hall–Kier alpha value is -1.72. The van der Waals surface area contributed by atoms with E-state index in [0.717, 1.165) is 4.90 Å². The molecule has 0 bridgehead atoms. The Morgan fingerprint density at radius 2 is 1.50 bits per heavy atom. The maximum absolute atomic E-state index is 12.4. The summed E-state index contributed by atoms with van der Waals surface area (Å²) in [7, 11) is 0. The van der Waals surface area contributed by atoms with Crippen LogP contribution in [-0.4, -0.2) is 34.2 Å².